The van der Waals surface area contributed by atoms with Gasteiger partial charge in [-0.15, -0.1) is 0 Å². The molecule has 0 atom stereocenters. The fraction of sp³-hybridized carbons (Fsp3) is 0.100. The molecule has 0 aliphatic rings. The Morgan fingerprint density at radius 3 is 2.85 bits per heavy atom. The number of hydrogen-bond donors (Lipinski definition) is 0. The molecule has 1 radical (unpaired) electrons. The van der Waals surface area contributed by atoms with E-state index in [9.17, 15) is 4.79 Å². The molecule has 0 bridgehead atoms. The van der Waals surface area contributed by atoms with Gasteiger partial charge in [0.2, 0.25) is 0 Å². The number of carbonyl (C=O) groups excluding carboxylic acids is 1. The molecule has 3 nitrogen and oxygen atoms in total. The van der Waals surface area contributed by atoms with Gasteiger partial charge in [-0.3, -0.25) is 4.79 Å². The number of rotatable bonds is 3. The molecule has 0 saturated heterocycles. The third kappa shape index (κ3) is 1.54. The molecular formula is C10H7O3. The summed E-state index contributed by atoms with van der Waals surface area (Å²) in [6.07, 6.45) is 5.36. The second kappa shape index (κ2) is 3.31. The third-order valence-electron chi connectivity index (χ3n) is 1.78. The van der Waals surface area contributed by atoms with Crippen LogP contribution in [0.4, 0.5) is 0 Å². The first kappa shape index (κ1) is 7.86. The lowest BCUT2D eigenvalue weighted by Crippen LogP contribution is -1.88. The quantitative estimate of drug-likeness (QED) is 0.715. The van der Waals surface area contributed by atoms with Gasteiger partial charge in [0, 0.05) is 12.0 Å². The maximum absolute atomic E-state index is 10.4. The Kier molecular flexibility index (Phi) is 2.00. The minimum Gasteiger partial charge on any atom is -0.469 e. The first-order chi connectivity index (χ1) is 6.40. The topological polar surface area (TPSA) is 43.4 Å². The maximum Gasteiger partial charge on any atom is 0.272 e. The Labute approximate surface area is 75.0 Å². The molecule has 13 heavy (non-hydrogen) atoms. The van der Waals surface area contributed by atoms with Gasteiger partial charge in [0.1, 0.15) is 5.76 Å². The van der Waals surface area contributed by atoms with Crippen LogP contribution in [0.3, 0.4) is 0 Å². The van der Waals surface area contributed by atoms with Gasteiger partial charge in [0.15, 0.2) is 5.76 Å². The summed E-state index contributed by atoms with van der Waals surface area (Å²) in [6.45, 7) is 0. The molecule has 0 aromatic carbocycles. The third-order valence-corrected chi connectivity index (χ3v) is 1.78. The summed E-state index contributed by atoms with van der Waals surface area (Å²) < 4.78 is 10.0. The van der Waals surface area contributed by atoms with Crippen LogP contribution >= 0.6 is 0 Å². The van der Waals surface area contributed by atoms with Crippen LogP contribution in [0.15, 0.2) is 39.6 Å². The number of hydrogen-bond acceptors (Lipinski definition) is 3. The van der Waals surface area contributed by atoms with E-state index in [4.69, 9.17) is 8.83 Å². The van der Waals surface area contributed by atoms with Gasteiger partial charge in [-0.2, -0.15) is 0 Å². The van der Waals surface area contributed by atoms with Crippen LogP contribution in [0, 0.1) is 0 Å². The van der Waals surface area contributed by atoms with E-state index in [0.717, 1.165) is 11.3 Å². The smallest absolute Gasteiger partial charge is 0.272 e. The molecule has 0 fully saturated rings. The summed E-state index contributed by atoms with van der Waals surface area (Å²) in [4.78, 5) is 10.4. The zero-order valence-electron chi connectivity index (χ0n) is 6.82. The molecule has 0 aliphatic carbocycles. The van der Waals surface area contributed by atoms with E-state index in [-0.39, 0.29) is 5.76 Å². The molecule has 0 unspecified atom stereocenters. The van der Waals surface area contributed by atoms with Crippen LogP contribution in [0.25, 0.3) is 0 Å². The summed E-state index contributed by atoms with van der Waals surface area (Å²) in [7, 11) is 0. The highest BCUT2D eigenvalue weighted by atomic mass is 16.3. The Balaban J connectivity index is 2.23. The van der Waals surface area contributed by atoms with E-state index in [1.807, 2.05) is 6.07 Å². The minimum atomic E-state index is 0.247. The van der Waals surface area contributed by atoms with Crippen molar-refractivity contribution in [2.45, 2.75) is 6.42 Å². The molecule has 0 aliphatic heterocycles. The molecule has 0 spiro atoms. The highest BCUT2D eigenvalue weighted by Crippen LogP contribution is 2.14. The maximum atomic E-state index is 10.4. The van der Waals surface area contributed by atoms with E-state index >= 15 is 0 Å². The van der Waals surface area contributed by atoms with Crippen molar-refractivity contribution < 1.29 is 13.6 Å². The van der Waals surface area contributed by atoms with E-state index < -0.39 is 0 Å². The van der Waals surface area contributed by atoms with Crippen LogP contribution in [-0.2, 0) is 11.2 Å². The van der Waals surface area contributed by atoms with Gasteiger partial charge in [-0.05, 0) is 18.2 Å². The predicted molar refractivity (Wildman–Crippen MR) is 45.0 cm³/mol. The van der Waals surface area contributed by atoms with E-state index in [1.165, 1.54) is 6.26 Å². The standard InChI is InChI=1S/C10H7O3/c11-7-10-8(3-5-13-10)6-9-2-1-4-12-9/h1-5H,6H2. The second-order valence-electron chi connectivity index (χ2n) is 2.63. The van der Waals surface area contributed by atoms with Crippen LogP contribution in [-0.4, -0.2) is 6.29 Å². The first-order valence-corrected chi connectivity index (χ1v) is 3.87. The summed E-state index contributed by atoms with van der Waals surface area (Å²) >= 11 is 0. The summed E-state index contributed by atoms with van der Waals surface area (Å²) in [5, 5.41) is 0. The Hall–Kier alpha value is -1.77. The average molecular weight is 175 g/mol. The van der Waals surface area contributed by atoms with Crippen molar-refractivity contribution in [3.63, 3.8) is 0 Å². The molecule has 0 amide bonds. The summed E-state index contributed by atoms with van der Waals surface area (Å²) in [6, 6.07) is 5.39. The van der Waals surface area contributed by atoms with Crippen molar-refractivity contribution in [3.8, 4) is 0 Å². The Bertz CT molecular complexity index is 384. The van der Waals surface area contributed by atoms with Crippen molar-refractivity contribution in [2.24, 2.45) is 0 Å². The zero-order chi connectivity index (χ0) is 9.10. The fourth-order valence-corrected chi connectivity index (χ4v) is 1.17. The van der Waals surface area contributed by atoms with Gasteiger partial charge >= 0.3 is 0 Å². The molecular weight excluding hydrogens is 168 g/mol. The van der Waals surface area contributed by atoms with Gasteiger partial charge < -0.3 is 8.83 Å². The largest absolute Gasteiger partial charge is 0.469 e. The van der Waals surface area contributed by atoms with Gasteiger partial charge in [0.05, 0.1) is 12.5 Å². The highest BCUT2D eigenvalue weighted by molar-refractivity contribution is 5.73. The Morgan fingerprint density at radius 2 is 2.15 bits per heavy atom. The van der Waals surface area contributed by atoms with E-state index in [2.05, 4.69) is 0 Å². The van der Waals surface area contributed by atoms with Crippen molar-refractivity contribution in [1.82, 2.24) is 0 Å². The molecule has 65 valence electrons. The Morgan fingerprint density at radius 1 is 1.23 bits per heavy atom. The number of furan rings is 2. The second-order valence-corrected chi connectivity index (χ2v) is 2.63. The van der Waals surface area contributed by atoms with Gasteiger partial charge in [0.25, 0.3) is 6.29 Å². The molecule has 2 aromatic rings. The van der Waals surface area contributed by atoms with Crippen LogP contribution in [0.2, 0.25) is 0 Å². The molecule has 2 rings (SSSR count). The summed E-state index contributed by atoms with van der Waals surface area (Å²) in [5.74, 6) is 1.05. The molecule has 3 heteroatoms. The highest BCUT2D eigenvalue weighted by Gasteiger charge is 2.07. The van der Waals surface area contributed by atoms with Gasteiger partial charge in [-0.25, -0.2) is 0 Å². The fourth-order valence-electron chi connectivity index (χ4n) is 1.17. The van der Waals surface area contributed by atoms with Crippen molar-refractivity contribution in [3.05, 3.63) is 47.8 Å². The monoisotopic (exact) mass is 175 g/mol. The van der Waals surface area contributed by atoms with E-state index in [1.54, 1.807) is 24.7 Å². The van der Waals surface area contributed by atoms with Crippen molar-refractivity contribution >= 4 is 6.29 Å². The minimum absolute atomic E-state index is 0.247. The normalized spacial score (nSPS) is 10.2. The summed E-state index contributed by atoms with van der Waals surface area (Å²) in [5.41, 5.74) is 0.796. The first-order valence-electron chi connectivity index (χ1n) is 3.87. The average Bonchev–Trinajstić information content (AvgIpc) is 2.76. The molecule has 2 heterocycles. The lowest BCUT2D eigenvalue weighted by molar-refractivity contribution is 0.507. The van der Waals surface area contributed by atoms with Crippen molar-refractivity contribution in [1.29, 1.82) is 0 Å². The molecule has 2 aromatic heterocycles. The van der Waals surface area contributed by atoms with Crippen LogP contribution in [0.1, 0.15) is 17.1 Å². The lowest BCUT2D eigenvalue weighted by atomic mass is 10.1. The van der Waals surface area contributed by atoms with Crippen LogP contribution in [0.5, 0.6) is 0 Å². The zero-order valence-corrected chi connectivity index (χ0v) is 6.82. The molecule has 0 saturated carbocycles. The van der Waals surface area contributed by atoms with Crippen LogP contribution < -0.4 is 0 Å². The van der Waals surface area contributed by atoms with Gasteiger partial charge in [-0.1, -0.05) is 0 Å². The van der Waals surface area contributed by atoms with Crippen molar-refractivity contribution in [2.75, 3.05) is 0 Å². The SMILES string of the molecule is O=[C]c1occc1Cc1ccco1. The predicted octanol–water partition coefficient (Wildman–Crippen LogP) is 1.92. The lowest BCUT2D eigenvalue weighted by Gasteiger charge is -1.92. The van der Waals surface area contributed by atoms with E-state index in [0.29, 0.717) is 6.42 Å². The molecule has 0 N–H and O–H groups in total.